The predicted octanol–water partition coefficient (Wildman–Crippen LogP) is 2.13. The molecule has 2 aromatic carbocycles. The number of nitrogens with one attached hydrogen (secondary N) is 2. The van der Waals surface area contributed by atoms with Gasteiger partial charge in [0.1, 0.15) is 12.4 Å². The maximum Gasteiger partial charge on any atom is 0.407 e. The van der Waals surface area contributed by atoms with E-state index in [1.165, 1.54) is 7.11 Å². The quantitative estimate of drug-likeness (QED) is 0.472. The molecule has 2 aromatic rings. The second-order valence-corrected chi connectivity index (χ2v) is 6.62. The van der Waals surface area contributed by atoms with Gasteiger partial charge in [0, 0.05) is 20.2 Å². The Morgan fingerprint density at radius 1 is 1.03 bits per heavy atom. The minimum Gasteiger partial charge on any atom is -0.497 e. The Morgan fingerprint density at radius 2 is 1.79 bits per heavy atom. The summed E-state index contributed by atoms with van der Waals surface area (Å²) in [5.41, 5.74) is 2.06. The summed E-state index contributed by atoms with van der Waals surface area (Å²) in [5.74, 6) is 0.785. The molecule has 2 atom stereocenters. The minimum absolute atomic E-state index is 0.157. The molecule has 0 fully saturated rings. The molecule has 1 amide bonds. The summed E-state index contributed by atoms with van der Waals surface area (Å²) in [6.07, 6.45) is -0.881. The number of aliphatic hydroxyl groups excluding tert-OH is 1. The van der Waals surface area contributed by atoms with E-state index >= 15 is 0 Å². The number of hydrogen-bond acceptors (Lipinski definition) is 6. The number of hydrogen-bond donors (Lipinski definition) is 3. The Hall–Kier alpha value is -2.61. The fraction of sp³-hybridized carbons (Fsp3) is 0.409. The standard InChI is InChI=1S/C22H30N2O5/c1-27-11-12-29-22(26)24-20(14-17-7-4-3-5-8-17)21(25)16-23-15-18-9-6-10-19(13-18)28-2/h3-10,13,20-21,23,25H,11-12,14-16H2,1-2H3,(H,24,26)/t20-,21+/m0/s1. The molecule has 0 aliphatic rings. The fourth-order valence-electron chi connectivity index (χ4n) is 2.85. The smallest absolute Gasteiger partial charge is 0.407 e. The van der Waals surface area contributed by atoms with E-state index in [9.17, 15) is 9.90 Å². The van der Waals surface area contributed by atoms with E-state index in [0.29, 0.717) is 26.1 Å². The molecule has 0 aliphatic heterocycles. The van der Waals surface area contributed by atoms with Crippen LogP contribution in [0.3, 0.4) is 0 Å². The van der Waals surface area contributed by atoms with Crippen molar-refractivity contribution in [1.29, 1.82) is 0 Å². The number of carbonyl (C=O) groups excluding carboxylic acids is 1. The van der Waals surface area contributed by atoms with Gasteiger partial charge in [-0.1, -0.05) is 42.5 Å². The van der Waals surface area contributed by atoms with Crippen LogP contribution in [0.15, 0.2) is 54.6 Å². The Labute approximate surface area is 172 Å². The normalized spacial score (nSPS) is 12.8. The third-order valence-corrected chi connectivity index (χ3v) is 4.40. The number of amides is 1. The van der Waals surface area contributed by atoms with Gasteiger partial charge in [-0.15, -0.1) is 0 Å². The van der Waals surface area contributed by atoms with Crippen molar-refractivity contribution in [2.45, 2.75) is 25.1 Å². The van der Waals surface area contributed by atoms with Crippen molar-refractivity contribution >= 4 is 6.09 Å². The Bertz CT molecular complexity index is 726. The number of benzene rings is 2. The van der Waals surface area contributed by atoms with E-state index in [-0.39, 0.29) is 6.61 Å². The molecule has 0 heterocycles. The summed E-state index contributed by atoms with van der Waals surface area (Å²) < 4.78 is 15.2. The third kappa shape index (κ3) is 8.51. The minimum atomic E-state index is -0.796. The number of carbonyl (C=O) groups is 1. The average molecular weight is 402 g/mol. The molecule has 0 saturated heterocycles. The average Bonchev–Trinajstić information content (AvgIpc) is 2.74. The number of ether oxygens (including phenoxy) is 3. The van der Waals surface area contributed by atoms with Gasteiger partial charge in [-0.05, 0) is 29.7 Å². The van der Waals surface area contributed by atoms with Crippen LogP contribution < -0.4 is 15.4 Å². The molecule has 2 rings (SSSR count). The summed E-state index contributed by atoms with van der Waals surface area (Å²) >= 11 is 0. The van der Waals surface area contributed by atoms with Gasteiger partial charge >= 0.3 is 6.09 Å². The highest BCUT2D eigenvalue weighted by atomic mass is 16.6. The van der Waals surface area contributed by atoms with Crippen LogP contribution in [-0.4, -0.2) is 57.3 Å². The summed E-state index contributed by atoms with van der Waals surface area (Å²) in [6.45, 7) is 1.36. The topological polar surface area (TPSA) is 89.1 Å². The predicted molar refractivity (Wildman–Crippen MR) is 111 cm³/mol. The molecular formula is C22H30N2O5. The van der Waals surface area contributed by atoms with Crippen LogP contribution in [0.5, 0.6) is 5.75 Å². The van der Waals surface area contributed by atoms with Crippen molar-refractivity contribution in [3.8, 4) is 5.75 Å². The van der Waals surface area contributed by atoms with E-state index in [1.54, 1.807) is 7.11 Å². The molecule has 0 spiro atoms. The monoisotopic (exact) mass is 402 g/mol. The van der Waals surface area contributed by atoms with E-state index in [2.05, 4.69) is 10.6 Å². The highest BCUT2D eigenvalue weighted by Crippen LogP contribution is 2.12. The third-order valence-electron chi connectivity index (χ3n) is 4.40. The maximum absolute atomic E-state index is 12.1. The van der Waals surface area contributed by atoms with Crippen molar-refractivity contribution < 1.29 is 24.1 Å². The maximum atomic E-state index is 12.1. The lowest BCUT2D eigenvalue weighted by Gasteiger charge is -2.24. The molecule has 158 valence electrons. The first-order chi connectivity index (χ1) is 14.1. The first-order valence-corrected chi connectivity index (χ1v) is 9.60. The fourth-order valence-corrected chi connectivity index (χ4v) is 2.85. The zero-order valence-corrected chi connectivity index (χ0v) is 17.0. The van der Waals surface area contributed by atoms with Gasteiger partial charge in [0.05, 0.1) is 25.9 Å². The van der Waals surface area contributed by atoms with E-state index in [1.807, 2.05) is 54.6 Å². The first kappa shape index (κ1) is 22.7. The van der Waals surface area contributed by atoms with E-state index in [4.69, 9.17) is 14.2 Å². The number of alkyl carbamates (subject to hydrolysis) is 1. The summed E-state index contributed by atoms with van der Waals surface area (Å²) in [6, 6.07) is 16.9. The highest BCUT2D eigenvalue weighted by Gasteiger charge is 2.22. The van der Waals surface area contributed by atoms with Gasteiger partial charge < -0.3 is 30.0 Å². The molecule has 29 heavy (non-hydrogen) atoms. The van der Waals surface area contributed by atoms with Crippen molar-refractivity contribution in [2.24, 2.45) is 0 Å². The lowest BCUT2D eigenvalue weighted by atomic mass is 10.0. The summed E-state index contributed by atoms with van der Waals surface area (Å²) in [4.78, 5) is 12.1. The highest BCUT2D eigenvalue weighted by molar-refractivity contribution is 5.67. The Balaban J connectivity index is 1.91. The molecule has 0 saturated carbocycles. The largest absolute Gasteiger partial charge is 0.497 e. The number of methoxy groups -OCH3 is 2. The molecule has 0 radical (unpaired) electrons. The van der Waals surface area contributed by atoms with Crippen molar-refractivity contribution in [3.63, 3.8) is 0 Å². The van der Waals surface area contributed by atoms with Gasteiger partial charge in [0.2, 0.25) is 0 Å². The molecular weight excluding hydrogens is 372 g/mol. The van der Waals surface area contributed by atoms with E-state index < -0.39 is 18.2 Å². The zero-order chi connectivity index (χ0) is 20.9. The number of rotatable bonds is 12. The van der Waals surface area contributed by atoms with Crippen LogP contribution in [-0.2, 0) is 22.4 Å². The Morgan fingerprint density at radius 3 is 2.52 bits per heavy atom. The van der Waals surface area contributed by atoms with Crippen LogP contribution in [0.4, 0.5) is 4.79 Å². The summed E-state index contributed by atoms with van der Waals surface area (Å²) in [7, 11) is 3.17. The second-order valence-electron chi connectivity index (χ2n) is 6.62. The van der Waals surface area contributed by atoms with Gasteiger partial charge in [0.15, 0.2) is 0 Å². The van der Waals surface area contributed by atoms with Crippen LogP contribution in [0.2, 0.25) is 0 Å². The van der Waals surface area contributed by atoms with Crippen molar-refractivity contribution in [2.75, 3.05) is 34.0 Å². The molecule has 3 N–H and O–H groups in total. The van der Waals surface area contributed by atoms with Crippen LogP contribution >= 0.6 is 0 Å². The SMILES string of the molecule is COCCOC(=O)N[C@@H](Cc1ccccc1)[C@H](O)CNCc1cccc(OC)c1. The van der Waals surface area contributed by atoms with Crippen LogP contribution in [0, 0.1) is 0 Å². The van der Waals surface area contributed by atoms with Gasteiger partial charge in [0.25, 0.3) is 0 Å². The molecule has 0 aliphatic carbocycles. The second kappa shape index (κ2) is 12.8. The van der Waals surface area contributed by atoms with Gasteiger partial charge in [-0.25, -0.2) is 4.79 Å². The molecule has 7 heteroatoms. The molecule has 0 unspecified atom stereocenters. The zero-order valence-electron chi connectivity index (χ0n) is 17.0. The summed E-state index contributed by atoms with van der Waals surface area (Å²) in [5, 5.41) is 16.7. The lowest BCUT2D eigenvalue weighted by Crippen LogP contribution is -2.49. The Kier molecular flexibility index (Phi) is 9.99. The van der Waals surface area contributed by atoms with E-state index in [0.717, 1.165) is 16.9 Å². The molecule has 0 aromatic heterocycles. The first-order valence-electron chi connectivity index (χ1n) is 9.60. The molecule has 0 bridgehead atoms. The molecule has 7 nitrogen and oxygen atoms in total. The van der Waals surface area contributed by atoms with Gasteiger partial charge in [-0.2, -0.15) is 0 Å². The number of aliphatic hydroxyl groups is 1. The van der Waals surface area contributed by atoms with Crippen molar-refractivity contribution in [1.82, 2.24) is 10.6 Å². The lowest BCUT2D eigenvalue weighted by molar-refractivity contribution is 0.0824. The van der Waals surface area contributed by atoms with Crippen LogP contribution in [0.25, 0.3) is 0 Å². The van der Waals surface area contributed by atoms with Gasteiger partial charge in [-0.3, -0.25) is 0 Å². The van der Waals surface area contributed by atoms with Crippen molar-refractivity contribution in [3.05, 3.63) is 65.7 Å². The van der Waals surface area contributed by atoms with Crippen LogP contribution in [0.1, 0.15) is 11.1 Å².